The fourth-order valence-electron chi connectivity index (χ4n) is 2.75. The van der Waals surface area contributed by atoms with E-state index in [0.29, 0.717) is 46.8 Å². The molecule has 29 heavy (non-hydrogen) atoms. The topological polar surface area (TPSA) is 109 Å². The Kier molecular flexibility index (Phi) is 6.66. The minimum Gasteiger partial charge on any atom is -0.493 e. The lowest BCUT2D eigenvalue weighted by Crippen LogP contribution is -2.23. The minimum atomic E-state index is -0.609. The van der Waals surface area contributed by atoms with Gasteiger partial charge in [-0.05, 0) is 35.9 Å². The normalized spacial score (nSPS) is 12.6. The number of nitrogens with two attached hydrogens (primary N) is 1. The van der Waals surface area contributed by atoms with Gasteiger partial charge in [0.15, 0.2) is 29.6 Å². The maximum absolute atomic E-state index is 12.5. The van der Waals surface area contributed by atoms with Gasteiger partial charge in [-0.15, -0.1) is 0 Å². The second-order valence-corrected chi connectivity index (χ2v) is 6.67. The van der Waals surface area contributed by atoms with Crippen molar-refractivity contribution in [2.45, 2.75) is 13.0 Å². The molecule has 8 nitrogen and oxygen atoms in total. The molecule has 0 saturated carbocycles. The maximum Gasteiger partial charge on any atom is 0.255 e. The van der Waals surface area contributed by atoms with Gasteiger partial charge in [0.25, 0.3) is 11.8 Å². The van der Waals surface area contributed by atoms with E-state index in [9.17, 15) is 9.59 Å². The highest BCUT2D eigenvalue weighted by molar-refractivity contribution is 6.32. The molecule has 0 bridgehead atoms. The number of rotatable bonds is 7. The molecule has 0 fully saturated rings. The summed E-state index contributed by atoms with van der Waals surface area (Å²) in [7, 11) is 1.44. The van der Waals surface area contributed by atoms with E-state index < -0.39 is 5.91 Å². The number of carbonyl (C=O) groups excluding carboxylic acids is 2. The molecule has 1 aliphatic rings. The number of hydrogen-bond acceptors (Lipinski definition) is 6. The molecule has 2 aromatic rings. The molecule has 2 aromatic carbocycles. The zero-order chi connectivity index (χ0) is 20.8. The van der Waals surface area contributed by atoms with Crippen molar-refractivity contribution in [3.8, 4) is 23.0 Å². The number of amides is 2. The van der Waals surface area contributed by atoms with Crippen LogP contribution in [-0.2, 0) is 11.3 Å². The first kappa shape index (κ1) is 20.6. The molecule has 0 unspecified atom stereocenters. The van der Waals surface area contributed by atoms with E-state index in [2.05, 4.69) is 5.32 Å². The molecule has 3 rings (SSSR count). The predicted octanol–water partition coefficient (Wildman–Crippen LogP) is 2.30. The molecule has 1 aliphatic heterocycles. The average Bonchev–Trinajstić information content (AvgIpc) is 2.96. The average molecular weight is 421 g/mol. The standard InChI is InChI=1S/C20H21ClN2O6/c1-26-16-9-13(3-4-15(16)29-11-18(22)24)20(25)23-10-12-7-14(21)19-17(8-12)27-5-2-6-28-19/h3-4,7-9H,2,5-6,10-11H2,1H3,(H2,22,24)(H,23,25). The lowest BCUT2D eigenvalue weighted by atomic mass is 10.1. The molecule has 0 atom stereocenters. The van der Waals surface area contributed by atoms with E-state index in [1.165, 1.54) is 13.2 Å². The van der Waals surface area contributed by atoms with E-state index in [1.807, 2.05) is 0 Å². The van der Waals surface area contributed by atoms with Crippen molar-refractivity contribution in [1.82, 2.24) is 5.32 Å². The van der Waals surface area contributed by atoms with Gasteiger partial charge in [-0.3, -0.25) is 9.59 Å². The van der Waals surface area contributed by atoms with Crippen LogP contribution in [0.3, 0.4) is 0 Å². The number of halogens is 1. The van der Waals surface area contributed by atoms with Crippen LogP contribution in [0, 0.1) is 0 Å². The number of primary amides is 1. The summed E-state index contributed by atoms with van der Waals surface area (Å²) >= 11 is 6.28. The molecule has 3 N–H and O–H groups in total. The van der Waals surface area contributed by atoms with Gasteiger partial charge in [0.1, 0.15) is 0 Å². The highest BCUT2D eigenvalue weighted by Gasteiger charge is 2.17. The second kappa shape index (κ2) is 9.38. The molecule has 0 saturated heterocycles. The smallest absolute Gasteiger partial charge is 0.255 e. The van der Waals surface area contributed by atoms with E-state index in [1.54, 1.807) is 24.3 Å². The molecule has 0 spiro atoms. The maximum atomic E-state index is 12.5. The van der Waals surface area contributed by atoms with Gasteiger partial charge in [0.2, 0.25) is 0 Å². The quantitative estimate of drug-likeness (QED) is 0.711. The molecular formula is C20H21ClN2O6. The Morgan fingerprint density at radius 2 is 1.97 bits per heavy atom. The fourth-order valence-corrected chi connectivity index (χ4v) is 3.04. The van der Waals surface area contributed by atoms with Gasteiger partial charge in [0.05, 0.1) is 25.3 Å². The van der Waals surface area contributed by atoms with Crippen molar-refractivity contribution in [1.29, 1.82) is 0 Å². The first-order valence-corrected chi connectivity index (χ1v) is 9.31. The number of ether oxygens (including phenoxy) is 4. The molecule has 154 valence electrons. The number of benzene rings is 2. The number of methoxy groups -OCH3 is 1. The first-order chi connectivity index (χ1) is 14.0. The van der Waals surface area contributed by atoms with Gasteiger partial charge < -0.3 is 30.0 Å². The third-order valence-corrected chi connectivity index (χ3v) is 4.39. The molecule has 0 radical (unpaired) electrons. The summed E-state index contributed by atoms with van der Waals surface area (Å²) < 4.78 is 21.7. The summed E-state index contributed by atoms with van der Waals surface area (Å²) in [6.45, 7) is 1.05. The predicted molar refractivity (Wildman–Crippen MR) is 106 cm³/mol. The Hall–Kier alpha value is -3.13. The summed E-state index contributed by atoms with van der Waals surface area (Å²) in [5.41, 5.74) is 6.22. The van der Waals surface area contributed by atoms with Crippen LogP contribution in [0.15, 0.2) is 30.3 Å². The van der Waals surface area contributed by atoms with Crippen molar-refractivity contribution >= 4 is 23.4 Å². The summed E-state index contributed by atoms with van der Waals surface area (Å²) in [4.78, 5) is 23.4. The molecule has 0 aromatic heterocycles. The summed E-state index contributed by atoms with van der Waals surface area (Å²) in [6, 6.07) is 8.16. The largest absolute Gasteiger partial charge is 0.493 e. The van der Waals surface area contributed by atoms with E-state index >= 15 is 0 Å². The Morgan fingerprint density at radius 3 is 2.72 bits per heavy atom. The highest BCUT2D eigenvalue weighted by Crippen LogP contribution is 2.38. The van der Waals surface area contributed by atoms with Crippen molar-refractivity contribution in [3.63, 3.8) is 0 Å². The van der Waals surface area contributed by atoms with E-state index in [-0.39, 0.29) is 19.1 Å². The molecule has 0 aliphatic carbocycles. The number of nitrogens with one attached hydrogen (secondary N) is 1. The summed E-state index contributed by atoms with van der Waals surface area (Å²) in [6.07, 6.45) is 0.776. The first-order valence-electron chi connectivity index (χ1n) is 8.93. The van der Waals surface area contributed by atoms with Crippen molar-refractivity contribution in [2.75, 3.05) is 26.9 Å². The van der Waals surface area contributed by atoms with Crippen molar-refractivity contribution < 1.29 is 28.5 Å². The lowest BCUT2D eigenvalue weighted by Gasteiger charge is -2.13. The Labute approximate surface area is 172 Å². The van der Waals surface area contributed by atoms with Gasteiger partial charge in [-0.1, -0.05) is 11.6 Å². The Morgan fingerprint density at radius 1 is 1.17 bits per heavy atom. The highest BCUT2D eigenvalue weighted by atomic mass is 35.5. The van der Waals surface area contributed by atoms with E-state index in [0.717, 1.165) is 12.0 Å². The van der Waals surface area contributed by atoms with Crippen LogP contribution >= 0.6 is 11.6 Å². The van der Waals surface area contributed by atoms with Crippen molar-refractivity contribution in [3.05, 3.63) is 46.5 Å². The summed E-state index contributed by atoms with van der Waals surface area (Å²) in [5, 5.41) is 3.26. The van der Waals surface area contributed by atoms with Crippen LogP contribution < -0.4 is 30.0 Å². The fraction of sp³-hybridized carbons (Fsp3) is 0.300. The Bertz CT molecular complexity index is 918. The van der Waals surface area contributed by atoms with Crippen molar-refractivity contribution in [2.24, 2.45) is 5.73 Å². The zero-order valence-electron chi connectivity index (χ0n) is 15.8. The van der Waals surface area contributed by atoms with Gasteiger partial charge in [0, 0.05) is 18.5 Å². The monoisotopic (exact) mass is 420 g/mol. The van der Waals surface area contributed by atoms with Crippen LogP contribution in [0.1, 0.15) is 22.3 Å². The molecular weight excluding hydrogens is 400 g/mol. The molecule has 2 amide bonds. The third-order valence-electron chi connectivity index (χ3n) is 4.11. The minimum absolute atomic E-state index is 0.247. The third kappa shape index (κ3) is 5.23. The second-order valence-electron chi connectivity index (χ2n) is 6.26. The number of fused-ring (bicyclic) bond motifs is 1. The Balaban J connectivity index is 1.68. The van der Waals surface area contributed by atoms with Crippen LogP contribution in [0.25, 0.3) is 0 Å². The van der Waals surface area contributed by atoms with Gasteiger partial charge >= 0.3 is 0 Å². The van der Waals surface area contributed by atoms with Crippen LogP contribution in [-0.4, -0.2) is 38.7 Å². The van der Waals surface area contributed by atoms with E-state index in [4.69, 9.17) is 36.3 Å². The van der Waals surface area contributed by atoms with Crippen LogP contribution in [0.2, 0.25) is 5.02 Å². The van der Waals surface area contributed by atoms with Crippen LogP contribution in [0.4, 0.5) is 0 Å². The molecule has 9 heteroatoms. The number of carbonyl (C=O) groups is 2. The SMILES string of the molecule is COc1cc(C(=O)NCc2cc(Cl)c3c(c2)OCCCO3)ccc1OCC(N)=O. The van der Waals surface area contributed by atoms with Crippen LogP contribution in [0.5, 0.6) is 23.0 Å². The van der Waals surface area contributed by atoms with Gasteiger partial charge in [-0.2, -0.15) is 0 Å². The molecule has 1 heterocycles. The number of hydrogen-bond donors (Lipinski definition) is 2. The summed E-state index contributed by atoms with van der Waals surface area (Å²) in [5.74, 6) is 0.804. The lowest BCUT2D eigenvalue weighted by molar-refractivity contribution is -0.119. The van der Waals surface area contributed by atoms with Gasteiger partial charge in [-0.25, -0.2) is 0 Å². The zero-order valence-corrected chi connectivity index (χ0v) is 16.6.